The molecule has 1 heterocycles. The Hall–Kier alpha value is -1.80. The Morgan fingerprint density at radius 2 is 1.89 bits per heavy atom. The molecule has 3 rings (SSSR count). The zero-order valence-electron chi connectivity index (χ0n) is 11.2. The molecule has 2 nitrogen and oxygen atoms in total. The van der Waals surface area contributed by atoms with Gasteiger partial charge in [-0.2, -0.15) is 0 Å². The summed E-state index contributed by atoms with van der Waals surface area (Å²) >= 11 is 0. The van der Waals surface area contributed by atoms with Gasteiger partial charge in [0.05, 0.1) is 6.61 Å². The van der Waals surface area contributed by atoms with Crippen LogP contribution in [0.5, 0.6) is 5.75 Å². The minimum Gasteiger partial charge on any atom is -0.493 e. The average molecular weight is 253 g/mol. The maximum atomic E-state index is 5.89. The van der Waals surface area contributed by atoms with Crippen LogP contribution < -0.4 is 10.5 Å². The summed E-state index contributed by atoms with van der Waals surface area (Å²) in [7, 11) is 0. The Bertz CT molecular complexity index is 572. The van der Waals surface area contributed by atoms with Crippen molar-refractivity contribution in [2.75, 3.05) is 6.61 Å². The summed E-state index contributed by atoms with van der Waals surface area (Å²) in [4.78, 5) is 0. The molecule has 1 unspecified atom stereocenters. The van der Waals surface area contributed by atoms with Crippen LogP contribution in [0.2, 0.25) is 0 Å². The summed E-state index contributed by atoms with van der Waals surface area (Å²) in [5, 5.41) is 0. The van der Waals surface area contributed by atoms with Crippen LogP contribution in [-0.4, -0.2) is 6.61 Å². The van der Waals surface area contributed by atoms with Gasteiger partial charge < -0.3 is 10.5 Å². The van der Waals surface area contributed by atoms with E-state index >= 15 is 0 Å². The number of hydrogen-bond donors (Lipinski definition) is 1. The molecule has 98 valence electrons. The van der Waals surface area contributed by atoms with Crippen molar-refractivity contribution in [1.29, 1.82) is 0 Å². The van der Waals surface area contributed by atoms with E-state index in [1.54, 1.807) is 0 Å². The minimum atomic E-state index is 0.0787. The van der Waals surface area contributed by atoms with Gasteiger partial charge in [0, 0.05) is 11.6 Å². The number of para-hydroxylation sites is 1. The summed E-state index contributed by atoms with van der Waals surface area (Å²) in [5.74, 6) is 1.06. The van der Waals surface area contributed by atoms with Gasteiger partial charge in [0.15, 0.2) is 0 Å². The minimum absolute atomic E-state index is 0.0787. The quantitative estimate of drug-likeness (QED) is 0.885. The van der Waals surface area contributed by atoms with Gasteiger partial charge in [-0.15, -0.1) is 0 Å². The fourth-order valence-corrected chi connectivity index (χ4v) is 2.58. The Morgan fingerprint density at radius 1 is 1.11 bits per heavy atom. The van der Waals surface area contributed by atoms with Crippen LogP contribution in [0.4, 0.5) is 0 Å². The maximum absolute atomic E-state index is 5.89. The van der Waals surface area contributed by atoms with Crippen molar-refractivity contribution in [1.82, 2.24) is 0 Å². The molecule has 1 atom stereocenters. The Labute approximate surface area is 114 Å². The van der Waals surface area contributed by atoms with Crippen molar-refractivity contribution >= 4 is 0 Å². The second-order valence-corrected chi connectivity index (χ2v) is 5.16. The van der Waals surface area contributed by atoms with Gasteiger partial charge in [-0.1, -0.05) is 42.5 Å². The second kappa shape index (κ2) is 5.06. The van der Waals surface area contributed by atoms with Crippen molar-refractivity contribution < 1.29 is 4.74 Å². The molecule has 0 radical (unpaired) electrons. The van der Waals surface area contributed by atoms with E-state index < -0.39 is 0 Å². The third-order valence-electron chi connectivity index (χ3n) is 3.68. The first kappa shape index (κ1) is 12.2. The third-order valence-corrected chi connectivity index (χ3v) is 3.68. The Balaban J connectivity index is 2.02. The molecule has 1 aliphatic rings. The van der Waals surface area contributed by atoms with E-state index in [9.17, 15) is 0 Å². The Kier molecular flexibility index (Phi) is 3.26. The SMILES string of the molecule is CC(N)c1ccc(-c2cccc3c2OCCC3)cc1. The largest absolute Gasteiger partial charge is 0.493 e. The van der Waals surface area contributed by atoms with Crippen LogP contribution in [0.25, 0.3) is 11.1 Å². The van der Waals surface area contributed by atoms with Crippen LogP contribution in [0.15, 0.2) is 42.5 Å². The van der Waals surface area contributed by atoms with E-state index in [4.69, 9.17) is 10.5 Å². The van der Waals surface area contributed by atoms with Gasteiger partial charge in [-0.25, -0.2) is 0 Å². The molecule has 19 heavy (non-hydrogen) atoms. The van der Waals surface area contributed by atoms with E-state index in [1.165, 1.54) is 16.7 Å². The van der Waals surface area contributed by atoms with E-state index in [0.717, 1.165) is 30.8 Å². The number of aryl methyl sites for hydroxylation is 1. The molecular formula is C17H19NO. The Morgan fingerprint density at radius 3 is 2.63 bits per heavy atom. The highest BCUT2D eigenvalue weighted by Crippen LogP contribution is 2.36. The highest BCUT2D eigenvalue weighted by Gasteiger charge is 2.15. The monoisotopic (exact) mass is 253 g/mol. The van der Waals surface area contributed by atoms with Gasteiger partial charge in [0.1, 0.15) is 5.75 Å². The zero-order valence-corrected chi connectivity index (χ0v) is 11.2. The van der Waals surface area contributed by atoms with Gasteiger partial charge in [0.2, 0.25) is 0 Å². The summed E-state index contributed by atoms with van der Waals surface area (Å²) in [6, 6.07) is 14.9. The molecule has 0 bridgehead atoms. The first-order chi connectivity index (χ1) is 9.25. The lowest BCUT2D eigenvalue weighted by molar-refractivity contribution is 0.289. The summed E-state index contributed by atoms with van der Waals surface area (Å²) in [6.07, 6.45) is 2.22. The van der Waals surface area contributed by atoms with Gasteiger partial charge >= 0.3 is 0 Å². The van der Waals surface area contributed by atoms with E-state index in [-0.39, 0.29) is 6.04 Å². The fraction of sp³-hybridized carbons (Fsp3) is 0.294. The lowest BCUT2D eigenvalue weighted by Crippen LogP contribution is -2.09. The molecule has 0 spiro atoms. The second-order valence-electron chi connectivity index (χ2n) is 5.16. The highest BCUT2D eigenvalue weighted by molar-refractivity contribution is 5.72. The van der Waals surface area contributed by atoms with Gasteiger partial charge in [-0.05, 0) is 36.5 Å². The lowest BCUT2D eigenvalue weighted by Gasteiger charge is -2.20. The van der Waals surface area contributed by atoms with E-state index in [1.807, 2.05) is 6.92 Å². The van der Waals surface area contributed by atoms with Gasteiger partial charge in [-0.3, -0.25) is 0 Å². The van der Waals surface area contributed by atoms with Gasteiger partial charge in [0.25, 0.3) is 0 Å². The first-order valence-corrected chi connectivity index (χ1v) is 6.86. The maximum Gasteiger partial charge on any atom is 0.130 e. The number of ether oxygens (including phenoxy) is 1. The molecule has 2 aromatic rings. The normalized spacial score (nSPS) is 15.5. The number of rotatable bonds is 2. The molecule has 0 amide bonds. The van der Waals surface area contributed by atoms with Crippen LogP contribution in [0, 0.1) is 0 Å². The number of hydrogen-bond acceptors (Lipinski definition) is 2. The topological polar surface area (TPSA) is 35.2 Å². The molecule has 2 N–H and O–H groups in total. The third kappa shape index (κ3) is 2.36. The molecular weight excluding hydrogens is 234 g/mol. The van der Waals surface area contributed by atoms with Crippen LogP contribution >= 0.6 is 0 Å². The average Bonchev–Trinajstić information content (AvgIpc) is 2.47. The standard InChI is InChI=1S/C17H19NO/c1-12(18)13-7-9-14(10-8-13)16-6-2-4-15-5-3-11-19-17(15)16/h2,4,6-10,12H,3,5,11,18H2,1H3. The molecule has 2 heteroatoms. The fourth-order valence-electron chi connectivity index (χ4n) is 2.58. The summed E-state index contributed by atoms with van der Waals surface area (Å²) in [5.41, 5.74) is 10.8. The molecule has 1 aliphatic heterocycles. The van der Waals surface area contributed by atoms with Crippen molar-refractivity contribution in [2.24, 2.45) is 5.73 Å². The van der Waals surface area contributed by atoms with Crippen molar-refractivity contribution in [3.63, 3.8) is 0 Å². The molecule has 0 saturated carbocycles. The first-order valence-electron chi connectivity index (χ1n) is 6.86. The molecule has 0 fully saturated rings. The molecule has 0 aromatic heterocycles. The van der Waals surface area contributed by atoms with Crippen LogP contribution in [0.1, 0.15) is 30.5 Å². The van der Waals surface area contributed by atoms with E-state index in [2.05, 4.69) is 42.5 Å². The molecule has 0 aliphatic carbocycles. The van der Waals surface area contributed by atoms with Crippen molar-refractivity contribution in [2.45, 2.75) is 25.8 Å². The summed E-state index contributed by atoms with van der Waals surface area (Å²) < 4.78 is 5.86. The predicted octanol–water partition coefficient (Wildman–Crippen LogP) is 3.70. The highest BCUT2D eigenvalue weighted by atomic mass is 16.5. The zero-order chi connectivity index (χ0) is 13.2. The van der Waals surface area contributed by atoms with Crippen LogP contribution in [-0.2, 0) is 6.42 Å². The van der Waals surface area contributed by atoms with Crippen molar-refractivity contribution in [3.05, 3.63) is 53.6 Å². The number of nitrogens with two attached hydrogens (primary N) is 1. The van der Waals surface area contributed by atoms with Crippen molar-refractivity contribution in [3.8, 4) is 16.9 Å². The summed E-state index contributed by atoms with van der Waals surface area (Å²) in [6.45, 7) is 2.82. The van der Waals surface area contributed by atoms with Crippen LogP contribution in [0.3, 0.4) is 0 Å². The predicted molar refractivity (Wildman–Crippen MR) is 78.3 cm³/mol. The lowest BCUT2D eigenvalue weighted by atomic mass is 9.96. The molecule has 2 aromatic carbocycles. The number of fused-ring (bicyclic) bond motifs is 1. The van der Waals surface area contributed by atoms with E-state index in [0.29, 0.717) is 0 Å². The smallest absolute Gasteiger partial charge is 0.130 e. The number of benzene rings is 2. The molecule has 0 saturated heterocycles.